The lowest BCUT2D eigenvalue weighted by molar-refractivity contribution is -0.119. The number of rotatable bonds is 7. The minimum atomic E-state index is -0.0326. The molecule has 1 aromatic carbocycles. The summed E-state index contributed by atoms with van der Waals surface area (Å²) >= 11 is 1.37. The van der Waals surface area contributed by atoms with Crippen molar-refractivity contribution in [1.29, 1.82) is 0 Å². The molecule has 1 saturated heterocycles. The molecule has 0 saturated carbocycles. The van der Waals surface area contributed by atoms with E-state index in [0.29, 0.717) is 11.7 Å². The number of benzene rings is 1. The van der Waals surface area contributed by atoms with E-state index in [-0.39, 0.29) is 17.8 Å². The zero-order valence-corrected chi connectivity index (χ0v) is 17.1. The molecule has 0 radical (unpaired) electrons. The Morgan fingerprint density at radius 1 is 1.28 bits per heavy atom. The Hall–Kier alpha value is -2.71. The summed E-state index contributed by atoms with van der Waals surface area (Å²) in [6, 6.07) is 11.9. The monoisotopic (exact) mass is 409 g/mol. The summed E-state index contributed by atoms with van der Waals surface area (Å²) in [7, 11) is 0. The van der Waals surface area contributed by atoms with Crippen molar-refractivity contribution in [3.8, 4) is 17.1 Å². The van der Waals surface area contributed by atoms with E-state index in [1.54, 1.807) is 12.4 Å². The van der Waals surface area contributed by atoms with E-state index < -0.39 is 0 Å². The molecule has 1 N–H and O–H groups in total. The quantitative estimate of drug-likeness (QED) is 0.604. The van der Waals surface area contributed by atoms with E-state index in [1.807, 2.05) is 41.8 Å². The molecule has 0 bridgehead atoms. The number of nitrogens with zero attached hydrogens (tertiary/aromatic N) is 4. The smallest absolute Gasteiger partial charge is 0.230 e. The van der Waals surface area contributed by atoms with Gasteiger partial charge in [-0.2, -0.15) is 0 Å². The molecule has 150 valence electrons. The van der Waals surface area contributed by atoms with E-state index in [2.05, 4.69) is 26.6 Å². The first-order chi connectivity index (χ1) is 14.2. The fourth-order valence-electron chi connectivity index (χ4n) is 3.27. The molecular weight excluding hydrogens is 386 g/mol. The van der Waals surface area contributed by atoms with E-state index in [1.165, 1.54) is 11.8 Å². The average molecular weight is 410 g/mol. The highest BCUT2D eigenvalue weighted by Crippen LogP contribution is 2.28. The number of amides is 1. The Morgan fingerprint density at radius 3 is 2.90 bits per heavy atom. The fraction of sp³-hybridized carbons (Fsp3) is 0.333. The van der Waals surface area contributed by atoms with Gasteiger partial charge in [0.05, 0.1) is 11.9 Å². The predicted octanol–water partition coefficient (Wildman–Crippen LogP) is 3.03. The van der Waals surface area contributed by atoms with Gasteiger partial charge in [-0.1, -0.05) is 23.9 Å². The summed E-state index contributed by atoms with van der Waals surface area (Å²) < 4.78 is 7.54. The van der Waals surface area contributed by atoms with E-state index in [4.69, 9.17) is 4.74 Å². The molecule has 0 aliphatic carbocycles. The molecule has 1 atom stereocenters. The van der Waals surface area contributed by atoms with Crippen LogP contribution in [-0.2, 0) is 9.53 Å². The second kappa shape index (κ2) is 9.19. The number of ether oxygens (including phenoxy) is 1. The number of nitrogens with one attached hydrogen (secondary N) is 1. The van der Waals surface area contributed by atoms with Gasteiger partial charge in [-0.25, -0.2) is 0 Å². The van der Waals surface area contributed by atoms with E-state index >= 15 is 0 Å². The third-order valence-electron chi connectivity index (χ3n) is 4.71. The van der Waals surface area contributed by atoms with Crippen LogP contribution in [0.25, 0.3) is 17.1 Å². The highest BCUT2D eigenvalue weighted by molar-refractivity contribution is 7.99. The van der Waals surface area contributed by atoms with Gasteiger partial charge < -0.3 is 10.1 Å². The Morgan fingerprint density at radius 2 is 2.14 bits per heavy atom. The molecule has 7 nitrogen and oxygen atoms in total. The summed E-state index contributed by atoms with van der Waals surface area (Å²) in [6.07, 6.45) is 5.67. The minimum Gasteiger partial charge on any atom is -0.376 e. The molecule has 1 amide bonds. The van der Waals surface area contributed by atoms with Crippen molar-refractivity contribution in [3.05, 3.63) is 54.4 Å². The van der Waals surface area contributed by atoms with Crippen molar-refractivity contribution < 1.29 is 9.53 Å². The SMILES string of the molecule is Cc1cccc(-n2c(SCC(=O)NC[C@H]3CCCO3)nnc2-c2ccncc2)c1. The maximum atomic E-state index is 12.3. The number of carbonyl (C=O) groups is 1. The van der Waals surface area contributed by atoms with Gasteiger partial charge in [0.25, 0.3) is 0 Å². The standard InChI is InChI=1S/C21H23N5O2S/c1-15-4-2-5-17(12-15)26-20(16-7-9-22-10-8-16)24-25-21(26)29-14-19(27)23-13-18-6-3-11-28-18/h2,4-5,7-10,12,18H,3,6,11,13-14H2,1H3,(H,23,27)/t18-/m1/s1. The van der Waals surface area contributed by atoms with Gasteiger partial charge in [0.1, 0.15) is 0 Å². The van der Waals surface area contributed by atoms with Gasteiger partial charge in [0.2, 0.25) is 5.91 Å². The molecule has 1 fully saturated rings. The molecule has 0 unspecified atom stereocenters. The van der Waals surface area contributed by atoms with Crippen molar-refractivity contribution in [2.75, 3.05) is 18.9 Å². The molecule has 8 heteroatoms. The number of aromatic nitrogens is 4. The zero-order valence-electron chi connectivity index (χ0n) is 16.2. The van der Waals surface area contributed by atoms with Gasteiger partial charge in [-0.05, 0) is 49.6 Å². The highest BCUT2D eigenvalue weighted by Gasteiger charge is 2.19. The lowest BCUT2D eigenvalue weighted by Crippen LogP contribution is -2.32. The largest absolute Gasteiger partial charge is 0.376 e. The summed E-state index contributed by atoms with van der Waals surface area (Å²) in [5.74, 6) is 0.961. The lowest BCUT2D eigenvalue weighted by atomic mass is 10.2. The maximum Gasteiger partial charge on any atom is 0.230 e. The van der Waals surface area contributed by atoms with Gasteiger partial charge in [0.15, 0.2) is 11.0 Å². The topological polar surface area (TPSA) is 81.9 Å². The minimum absolute atomic E-state index is 0.0326. The molecule has 3 aromatic rings. The molecule has 4 rings (SSSR count). The summed E-state index contributed by atoms with van der Waals surface area (Å²) in [6.45, 7) is 3.39. The van der Waals surface area contributed by atoms with Crippen molar-refractivity contribution in [2.45, 2.75) is 31.0 Å². The average Bonchev–Trinajstić information content (AvgIpc) is 3.41. The molecule has 1 aliphatic rings. The first-order valence-corrected chi connectivity index (χ1v) is 10.6. The van der Waals surface area contributed by atoms with Crippen LogP contribution >= 0.6 is 11.8 Å². The van der Waals surface area contributed by atoms with Crippen LogP contribution in [0.2, 0.25) is 0 Å². The van der Waals surface area contributed by atoms with Crippen LogP contribution in [0, 0.1) is 6.92 Å². The van der Waals surface area contributed by atoms with E-state index in [0.717, 1.165) is 42.1 Å². The first-order valence-electron chi connectivity index (χ1n) is 9.64. The van der Waals surface area contributed by atoms with Crippen LogP contribution in [0.15, 0.2) is 53.9 Å². The Labute approximate surface area is 173 Å². The molecule has 0 spiro atoms. The summed E-state index contributed by atoms with van der Waals surface area (Å²) in [5.41, 5.74) is 3.02. The van der Waals surface area contributed by atoms with Crippen molar-refractivity contribution in [1.82, 2.24) is 25.1 Å². The van der Waals surface area contributed by atoms with Crippen LogP contribution in [-0.4, -0.2) is 50.7 Å². The third kappa shape index (κ3) is 4.83. The van der Waals surface area contributed by atoms with Gasteiger partial charge >= 0.3 is 0 Å². The summed E-state index contributed by atoms with van der Waals surface area (Å²) in [5, 5.41) is 12.4. The highest BCUT2D eigenvalue weighted by atomic mass is 32.2. The molecule has 3 heterocycles. The van der Waals surface area contributed by atoms with Gasteiger partial charge in [0, 0.05) is 36.8 Å². The van der Waals surface area contributed by atoms with Crippen molar-refractivity contribution >= 4 is 17.7 Å². The van der Waals surface area contributed by atoms with Crippen LogP contribution in [0.3, 0.4) is 0 Å². The second-order valence-corrected chi connectivity index (χ2v) is 7.89. The Bertz CT molecular complexity index is 970. The van der Waals surface area contributed by atoms with Crippen LogP contribution in [0.5, 0.6) is 0 Å². The molecule has 29 heavy (non-hydrogen) atoms. The zero-order chi connectivity index (χ0) is 20.1. The van der Waals surface area contributed by atoms with Crippen LogP contribution in [0.1, 0.15) is 18.4 Å². The first kappa shape index (κ1) is 19.6. The number of thioether (sulfide) groups is 1. The Kier molecular flexibility index (Phi) is 6.21. The lowest BCUT2D eigenvalue weighted by Gasteiger charge is -2.12. The number of hydrogen-bond donors (Lipinski definition) is 1. The van der Waals surface area contributed by atoms with Gasteiger partial charge in [-0.15, -0.1) is 10.2 Å². The van der Waals surface area contributed by atoms with Crippen LogP contribution < -0.4 is 5.32 Å². The second-order valence-electron chi connectivity index (χ2n) is 6.94. The Balaban J connectivity index is 1.53. The van der Waals surface area contributed by atoms with E-state index in [9.17, 15) is 4.79 Å². The van der Waals surface area contributed by atoms with Crippen molar-refractivity contribution in [2.24, 2.45) is 0 Å². The predicted molar refractivity (Wildman–Crippen MR) is 112 cm³/mol. The van der Waals surface area contributed by atoms with Crippen molar-refractivity contribution in [3.63, 3.8) is 0 Å². The normalized spacial score (nSPS) is 16.1. The molecule has 1 aliphatic heterocycles. The number of carbonyl (C=O) groups excluding carboxylic acids is 1. The maximum absolute atomic E-state index is 12.3. The third-order valence-corrected chi connectivity index (χ3v) is 5.64. The van der Waals surface area contributed by atoms with Gasteiger partial charge in [-0.3, -0.25) is 14.3 Å². The molecular formula is C21H23N5O2S. The molecule has 2 aromatic heterocycles. The number of aryl methyl sites for hydroxylation is 1. The fourth-order valence-corrected chi connectivity index (χ4v) is 4.05. The number of pyridine rings is 1. The summed E-state index contributed by atoms with van der Waals surface area (Å²) in [4.78, 5) is 16.4. The van der Waals surface area contributed by atoms with Crippen LogP contribution in [0.4, 0.5) is 0 Å². The number of hydrogen-bond acceptors (Lipinski definition) is 6.